The van der Waals surface area contributed by atoms with Gasteiger partial charge in [0.25, 0.3) is 0 Å². The third-order valence-electron chi connectivity index (χ3n) is 2.84. The highest BCUT2D eigenvalue weighted by Gasteiger charge is 2.27. The molecule has 1 unspecified atom stereocenters. The lowest BCUT2D eigenvalue weighted by Crippen LogP contribution is -2.30. The second kappa shape index (κ2) is 5.15. The van der Waals surface area contributed by atoms with Crippen LogP contribution in [0.3, 0.4) is 0 Å². The average molecular weight is 218 g/mol. The van der Waals surface area contributed by atoms with E-state index in [0.29, 0.717) is 19.1 Å². The molecule has 1 aliphatic carbocycles. The van der Waals surface area contributed by atoms with Crippen LogP contribution in [-0.4, -0.2) is 22.6 Å². The van der Waals surface area contributed by atoms with Gasteiger partial charge in [0.2, 0.25) is 0 Å². The first kappa shape index (κ1) is 11.2. The van der Waals surface area contributed by atoms with Crippen LogP contribution in [0, 0.1) is 11.8 Å². The fourth-order valence-corrected chi connectivity index (χ4v) is 1.81. The Labute approximate surface area is 96.2 Å². The van der Waals surface area contributed by atoms with Gasteiger partial charge in [0.05, 0.1) is 24.6 Å². The smallest absolute Gasteiger partial charge is 0.0951 e. The van der Waals surface area contributed by atoms with Gasteiger partial charge in [-0.15, -0.1) is 5.92 Å². The molecule has 4 heteroatoms. The van der Waals surface area contributed by atoms with Crippen LogP contribution in [0.25, 0.3) is 0 Å². The van der Waals surface area contributed by atoms with Crippen molar-refractivity contribution in [3.05, 3.63) is 18.2 Å². The second-order valence-electron chi connectivity index (χ2n) is 4.05. The number of imidazole rings is 1. The number of aromatic nitrogens is 2. The maximum absolute atomic E-state index is 5.78. The molecule has 4 nitrogen and oxygen atoms in total. The average Bonchev–Trinajstić information content (AvgIpc) is 3.04. The molecule has 1 heterocycles. The van der Waals surface area contributed by atoms with Crippen molar-refractivity contribution in [2.24, 2.45) is 5.73 Å². The van der Waals surface area contributed by atoms with Crippen LogP contribution >= 0.6 is 0 Å². The van der Waals surface area contributed by atoms with E-state index in [1.807, 2.05) is 19.4 Å². The Balaban J connectivity index is 2.05. The van der Waals surface area contributed by atoms with E-state index in [0.717, 1.165) is 0 Å². The Morgan fingerprint density at radius 2 is 2.50 bits per heavy atom. The number of hydrogen-bond acceptors (Lipinski definition) is 3. The highest BCUT2D eigenvalue weighted by atomic mass is 15.1. The largest absolute Gasteiger partial charge is 0.330 e. The summed E-state index contributed by atoms with van der Waals surface area (Å²) in [6, 6.07) is 0.801. The van der Waals surface area contributed by atoms with Crippen LogP contribution in [0.2, 0.25) is 0 Å². The SMILES string of the molecule is CC#CCNC(CN)c1cncn1C1CC1. The van der Waals surface area contributed by atoms with Crippen molar-refractivity contribution in [2.45, 2.75) is 31.8 Å². The summed E-state index contributed by atoms with van der Waals surface area (Å²) in [4.78, 5) is 4.21. The van der Waals surface area contributed by atoms with Gasteiger partial charge in [-0.1, -0.05) is 5.92 Å². The molecule has 16 heavy (non-hydrogen) atoms. The van der Waals surface area contributed by atoms with Gasteiger partial charge in [-0.3, -0.25) is 5.32 Å². The standard InChI is InChI=1S/C12H18N4/c1-2-3-6-15-11(7-13)12-8-14-9-16(12)10-4-5-10/h8-11,15H,4-7,13H2,1H3. The first-order valence-corrected chi connectivity index (χ1v) is 5.71. The molecule has 0 bridgehead atoms. The predicted octanol–water partition coefficient (Wildman–Crippen LogP) is 0.831. The molecule has 1 fully saturated rings. The number of hydrogen-bond donors (Lipinski definition) is 2. The van der Waals surface area contributed by atoms with Crippen LogP contribution in [0.1, 0.15) is 37.5 Å². The van der Waals surface area contributed by atoms with Crippen molar-refractivity contribution >= 4 is 0 Å². The molecule has 2 rings (SSSR count). The second-order valence-corrected chi connectivity index (χ2v) is 4.05. The van der Waals surface area contributed by atoms with Crippen molar-refractivity contribution in [1.29, 1.82) is 0 Å². The molecule has 1 aliphatic rings. The third kappa shape index (κ3) is 2.43. The van der Waals surface area contributed by atoms with Crippen molar-refractivity contribution in [1.82, 2.24) is 14.9 Å². The lowest BCUT2D eigenvalue weighted by atomic mass is 10.2. The van der Waals surface area contributed by atoms with Gasteiger partial charge >= 0.3 is 0 Å². The fraction of sp³-hybridized carbons (Fsp3) is 0.583. The Kier molecular flexibility index (Phi) is 3.60. The van der Waals surface area contributed by atoms with Gasteiger partial charge < -0.3 is 10.3 Å². The molecule has 0 aliphatic heterocycles. The maximum Gasteiger partial charge on any atom is 0.0951 e. The van der Waals surface area contributed by atoms with E-state index >= 15 is 0 Å². The summed E-state index contributed by atoms with van der Waals surface area (Å²) < 4.78 is 2.24. The van der Waals surface area contributed by atoms with Crippen LogP contribution in [-0.2, 0) is 0 Å². The molecular weight excluding hydrogens is 200 g/mol. The number of nitrogens with two attached hydrogens (primary N) is 1. The molecule has 3 N–H and O–H groups in total. The Morgan fingerprint density at radius 1 is 1.69 bits per heavy atom. The summed E-state index contributed by atoms with van der Waals surface area (Å²) >= 11 is 0. The first-order chi connectivity index (χ1) is 7.86. The van der Waals surface area contributed by atoms with Gasteiger partial charge in [-0.25, -0.2) is 4.98 Å². The first-order valence-electron chi connectivity index (χ1n) is 5.71. The van der Waals surface area contributed by atoms with E-state index in [-0.39, 0.29) is 6.04 Å². The van der Waals surface area contributed by atoms with E-state index in [4.69, 9.17) is 5.73 Å². The van der Waals surface area contributed by atoms with E-state index in [1.54, 1.807) is 0 Å². The zero-order chi connectivity index (χ0) is 11.4. The molecule has 1 atom stereocenters. The predicted molar refractivity (Wildman–Crippen MR) is 63.7 cm³/mol. The van der Waals surface area contributed by atoms with Gasteiger partial charge in [-0.2, -0.15) is 0 Å². The number of rotatable bonds is 5. The van der Waals surface area contributed by atoms with Crippen LogP contribution in [0.5, 0.6) is 0 Å². The summed E-state index contributed by atoms with van der Waals surface area (Å²) in [6.07, 6.45) is 6.33. The minimum Gasteiger partial charge on any atom is -0.330 e. The van der Waals surface area contributed by atoms with Gasteiger partial charge in [0.1, 0.15) is 0 Å². The molecular formula is C12H18N4. The lowest BCUT2D eigenvalue weighted by Gasteiger charge is -2.17. The van der Waals surface area contributed by atoms with E-state index < -0.39 is 0 Å². The Morgan fingerprint density at radius 3 is 3.12 bits per heavy atom. The third-order valence-corrected chi connectivity index (χ3v) is 2.84. The molecule has 0 saturated heterocycles. The van der Waals surface area contributed by atoms with Crippen molar-refractivity contribution in [2.75, 3.05) is 13.1 Å². The maximum atomic E-state index is 5.78. The molecule has 1 saturated carbocycles. The summed E-state index contributed by atoms with van der Waals surface area (Å²) in [6.45, 7) is 3.09. The zero-order valence-electron chi connectivity index (χ0n) is 9.61. The van der Waals surface area contributed by atoms with Crippen molar-refractivity contribution < 1.29 is 0 Å². The van der Waals surface area contributed by atoms with Gasteiger partial charge in [0.15, 0.2) is 0 Å². The minimum atomic E-state index is 0.156. The monoisotopic (exact) mass is 218 g/mol. The quantitative estimate of drug-likeness (QED) is 0.720. The fourth-order valence-electron chi connectivity index (χ4n) is 1.81. The van der Waals surface area contributed by atoms with Gasteiger partial charge in [-0.05, 0) is 19.8 Å². The summed E-state index contributed by atoms with van der Waals surface area (Å²) in [7, 11) is 0. The highest BCUT2D eigenvalue weighted by Crippen LogP contribution is 2.36. The normalized spacial score (nSPS) is 16.6. The molecule has 0 radical (unpaired) electrons. The zero-order valence-corrected chi connectivity index (χ0v) is 9.61. The number of nitrogens with zero attached hydrogens (tertiary/aromatic N) is 2. The van der Waals surface area contributed by atoms with Crippen LogP contribution < -0.4 is 11.1 Å². The Hall–Kier alpha value is -1.31. The van der Waals surface area contributed by atoms with Crippen LogP contribution in [0.4, 0.5) is 0 Å². The molecule has 0 amide bonds. The van der Waals surface area contributed by atoms with E-state index in [1.165, 1.54) is 18.5 Å². The lowest BCUT2D eigenvalue weighted by molar-refractivity contribution is 0.530. The summed E-state index contributed by atoms with van der Waals surface area (Å²) in [5.41, 5.74) is 6.97. The van der Waals surface area contributed by atoms with Crippen LogP contribution in [0.15, 0.2) is 12.5 Å². The highest BCUT2D eigenvalue weighted by molar-refractivity contribution is 5.10. The molecule has 86 valence electrons. The summed E-state index contributed by atoms with van der Waals surface area (Å²) in [5, 5.41) is 3.34. The molecule has 1 aromatic rings. The topological polar surface area (TPSA) is 55.9 Å². The minimum absolute atomic E-state index is 0.156. The van der Waals surface area contributed by atoms with Crippen molar-refractivity contribution in [3.63, 3.8) is 0 Å². The molecule has 0 aromatic carbocycles. The van der Waals surface area contributed by atoms with E-state index in [9.17, 15) is 0 Å². The molecule has 0 spiro atoms. The van der Waals surface area contributed by atoms with E-state index in [2.05, 4.69) is 26.7 Å². The molecule has 1 aromatic heterocycles. The van der Waals surface area contributed by atoms with Gasteiger partial charge in [0, 0.05) is 18.8 Å². The number of nitrogens with one attached hydrogen (secondary N) is 1. The van der Waals surface area contributed by atoms with Crippen molar-refractivity contribution in [3.8, 4) is 11.8 Å². The Bertz CT molecular complexity index is 395. The summed E-state index contributed by atoms with van der Waals surface area (Å²) in [5.74, 6) is 5.86.